The van der Waals surface area contributed by atoms with E-state index in [9.17, 15) is 19.2 Å². The van der Waals surface area contributed by atoms with Crippen LogP contribution in [-0.4, -0.2) is 47.2 Å². The fourth-order valence-corrected chi connectivity index (χ4v) is 2.77. The Kier molecular flexibility index (Phi) is 10.7. The molecule has 1 atom stereocenters. The van der Waals surface area contributed by atoms with Crippen LogP contribution in [0, 0.1) is 0 Å². The molecule has 0 aromatic heterocycles. The highest BCUT2D eigenvalue weighted by Crippen LogP contribution is 2.20. The van der Waals surface area contributed by atoms with Gasteiger partial charge in [-0.1, -0.05) is 47.6 Å². The predicted octanol–water partition coefficient (Wildman–Crippen LogP) is 2.83. The van der Waals surface area contributed by atoms with Gasteiger partial charge in [0.15, 0.2) is 5.78 Å². The van der Waals surface area contributed by atoms with Crippen molar-refractivity contribution < 1.29 is 28.7 Å². The van der Waals surface area contributed by atoms with E-state index in [0.717, 1.165) is 0 Å². The van der Waals surface area contributed by atoms with E-state index in [2.05, 4.69) is 21.2 Å². The number of hydrogen-bond donors (Lipinski definition) is 1. The van der Waals surface area contributed by atoms with Crippen LogP contribution < -0.4 is 5.32 Å². The summed E-state index contributed by atoms with van der Waals surface area (Å²) in [5.74, 6) is -2.46. The fraction of sp³-hybridized carbons (Fsp3) is 0.500. The number of rotatable bonds is 9. The molecule has 7 nitrogen and oxygen atoms in total. The average molecular weight is 458 g/mol. The minimum atomic E-state index is -1.99. The van der Waals surface area contributed by atoms with Crippen molar-refractivity contribution >= 4 is 39.6 Å². The summed E-state index contributed by atoms with van der Waals surface area (Å²) in [6, 6.07) is 6.45. The topological polar surface area (TPSA) is 98.8 Å². The molecular weight excluding hydrogens is 430 g/mol. The van der Waals surface area contributed by atoms with Crippen molar-refractivity contribution in [1.29, 1.82) is 0 Å². The molecule has 0 aliphatic carbocycles. The molecular formula is C20H28BrNO6. The summed E-state index contributed by atoms with van der Waals surface area (Å²) >= 11 is 3.22. The maximum Gasteiger partial charge on any atom is 0.344 e. The number of carbonyl (C=O) groups is 4. The van der Waals surface area contributed by atoms with E-state index in [4.69, 9.17) is 9.47 Å². The van der Waals surface area contributed by atoms with Crippen molar-refractivity contribution in [2.75, 3.05) is 13.2 Å². The molecule has 0 fully saturated rings. The molecule has 1 rings (SSSR count). The summed E-state index contributed by atoms with van der Waals surface area (Å²) in [4.78, 5) is 48.6. The molecule has 0 aliphatic rings. The molecule has 1 aromatic rings. The molecule has 0 spiro atoms. The molecule has 1 amide bonds. The second kappa shape index (κ2) is 11.6. The van der Waals surface area contributed by atoms with Gasteiger partial charge in [0.05, 0.1) is 18.0 Å². The lowest BCUT2D eigenvalue weighted by Gasteiger charge is -2.29. The minimum Gasteiger partial charge on any atom is -0.464 e. The molecule has 0 heterocycles. The van der Waals surface area contributed by atoms with E-state index in [-0.39, 0.29) is 37.7 Å². The molecule has 8 heteroatoms. The minimum absolute atomic E-state index is 0. The monoisotopic (exact) mass is 457 g/mol. The molecule has 1 N–H and O–H groups in total. The van der Waals surface area contributed by atoms with E-state index in [1.54, 1.807) is 45.0 Å². The number of carbonyl (C=O) groups excluding carboxylic acids is 4. The lowest BCUT2D eigenvalue weighted by Crippen LogP contribution is -2.62. The highest BCUT2D eigenvalue weighted by molar-refractivity contribution is 9.10. The normalized spacial score (nSPS) is 11.6. The van der Waals surface area contributed by atoms with Crippen molar-refractivity contribution in [3.05, 3.63) is 35.4 Å². The number of ether oxygens (including phenoxy) is 2. The summed E-state index contributed by atoms with van der Waals surface area (Å²) in [5.41, 5.74) is -0.948. The van der Waals surface area contributed by atoms with Crippen LogP contribution >= 0.6 is 15.9 Å². The van der Waals surface area contributed by atoms with Crippen LogP contribution in [0.5, 0.6) is 0 Å². The van der Waals surface area contributed by atoms with Crippen LogP contribution in [0.25, 0.3) is 0 Å². The number of benzene rings is 1. The van der Waals surface area contributed by atoms with E-state index < -0.39 is 23.4 Å². The van der Waals surface area contributed by atoms with Gasteiger partial charge in [-0.25, -0.2) is 9.59 Å². The number of halogens is 1. The fourth-order valence-electron chi connectivity index (χ4n) is 2.51. The van der Waals surface area contributed by atoms with Gasteiger partial charge in [0.1, 0.15) is 0 Å². The van der Waals surface area contributed by atoms with Crippen LogP contribution in [0.4, 0.5) is 0 Å². The number of alkyl halides is 1. The number of nitrogens with one attached hydrogen (secondary N) is 1. The zero-order valence-corrected chi connectivity index (χ0v) is 17.4. The highest BCUT2D eigenvalue weighted by Gasteiger charge is 2.50. The Morgan fingerprint density at radius 2 is 1.50 bits per heavy atom. The molecule has 1 unspecified atom stereocenters. The maximum absolute atomic E-state index is 12.6. The van der Waals surface area contributed by atoms with E-state index in [1.807, 2.05) is 0 Å². The van der Waals surface area contributed by atoms with E-state index in [1.165, 1.54) is 6.92 Å². The lowest BCUT2D eigenvalue weighted by atomic mass is 9.89. The zero-order valence-electron chi connectivity index (χ0n) is 15.8. The number of ketones is 1. The zero-order chi connectivity index (χ0) is 20.6. The van der Waals surface area contributed by atoms with Crippen molar-refractivity contribution in [2.45, 2.75) is 51.9 Å². The highest BCUT2D eigenvalue weighted by atomic mass is 79.9. The second-order valence-corrected chi connectivity index (χ2v) is 7.25. The summed E-state index contributed by atoms with van der Waals surface area (Å²) in [5, 5.41) is 2.40. The van der Waals surface area contributed by atoms with Crippen LogP contribution in [0.15, 0.2) is 24.3 Å². The third-order valence-corrected chi connectivity index (χ3v) is 4.12. The Balaban J connectivity index is 0.00000729. The molecule has 0 saturated carbocycles. The Labute approximate surface area is 174 Å². The van der Waals surface area contributed by atoms with Crippen LogP contribution in [0.3, 0.4) is 0 Å². The SMILES string of the molecule is C.CCOC(=O)C(Cc1ccc(C(=O)C(C)Br)cc1)(NC(C)=O)C(=O)OCC. The predicted molar refractivity (Wildman–Crippen MR) is 109 cm³/mol. The molecule has 0 bridgehead atoms. The Morgan fingerprint density at radius 1 is 1.04 bits per heavy atom. The van der Waals surface area contributed by atoms with Crippen LogP contribution in [0.2, 0.25) is 0 Å². The third-order valence-electron chi connectivity index (χ3n) is 3.71. The first kappa shape index (κ1) is 25.8. The smallest absolute Gasteiger partial charge is 0.344 e. The summed E-state index contributed by atoms with van der Waals surface area (Å²) < 4.78 is 10.1. The Bertz CT molecular complexity index is 681. The van der Waals surface area contributed by atoms with Crippen molar-refractivity contribution in [2.24, 2.45) is 0 Å². The van der Waals surface area contributed by atoms with Gasteiger partial charge in [-0.3, -0.25) is 9.59 Å². The van der Waals surface area contributed by atoms with E-state index >= 15 is 0 Å². The lowest BCUT2D eigenvalue weighted by molar-refractivity contribution is -0.168. The number of amides is 1. The van der Waals surface area contributed by atoms with Crippen LogP contribution in [0.1, 0.15) is 51.0 Å². The standard InChI is InChI=1S/C19H24BrNO6.CH4/c1-5-26-17(24)19(21-13(4)22,18(25)27-6-2)11-14-7-9-15(10-8-14)16(23)12(3)20;/h7-10,12H,5-6,11H2,1-4H3,(H,21,22);1H4. The first-order valence-electron chi connectivity index (χ1n) is 8.58. The Hall–Kier alpha value is -2.22. The second-order valence-electron chi connectivity index (χ2n) is 5.88. The molecule has 28 heavy (non-hydrogen) atoms. The molecule has 0 saturated heterocycles. The van der Waals surface area contributed by atoms with Gasteiger partial charge in [-0.2, -0.15) is 0 Å². The van der Waals surface area contributed by atoms with Crippen molar-refractivity contribution in [3.63, 3.8) is 0 Å². The summed E-state index contributed by atoms with van der Waals surface area (Å²) in [6.07, 6.45) is -0.164. The third kappa shape index (κ3) is 6.44. The van der Waals surface area contributed by atoms with Gasteiger partial charge in [-0.05, 0) is 26.3 Å². The van der Waals surface area contributed by atoms with Gasteiger partial charge in [-0.15, -0.1) is 0 Å². The van der Waals surface area contributed by atoms with E-state index in [0.29, 0.717) is 11.1 Å². The number of hydrogen-bond acceptors (Lipinski definition) is 6. The van der Waals surface area contributed by atoms with Crippen molar-refractivity contribution in [3.8, 4) is 0 Å². The van der Waals surface area contributed by atoms with Gasteiger partial charge < -0.3 is 14.8 Å². The molecule has 0 aliphatic heterocycles. The number of esters is 2. The summed E-state index contributed by atoms with van der Waals surface area (Å²) in [6.45, 7) is 6.20. The molecule has 1 aromatic carbocycles. The average Bonchev–Trinajstić information content (AvgIpc) is 2.61. The van der Waals surface area contributed by atoms with Crippen molar-refractivity contribution in [1.82, 2.24) is 5.32 Å². The maximum atomic E-state index is 12.6. The molecule has 156 valence electrons. The first-order chi connectivity index (χ1) is 12.7. The molecule has 0 radical (unpaired) electrons. The van der Waals surface area contributed by atoms with Crippen LogP contribution in [-0.2, 0) is 30.3 Å². The first-order valence-corrected chi connectivity index (χ1v) is 9.49. The van der Waals surface area contributed by atoms with Gasteiger partial charge in [0.2, 0.25) is 11.4 Å². The van der Waals surface area contributed by atoms with Gasteiger partial charge in [0.25, 0.3) is 0 Å². The van der Waals surface area contributed by atoms with Gasteiger partial charge >= 0.3 is 11.9 Å². The largest absolute Gasteiger partial charge is 0.464 e. The summed E-state index contributed by atoms with van der Waals surface area (Å²) in [7, 11) is 0. The quantitative estimate of drug-likeness (QED) is 0.265. The Morgan fingerprint density at radius 3 is 1.86 bits per heavy atom. The number of Topliss-reactive ketones (excluding diaryl/α,β-unsaturated/α-hetero) is 1. The van der Waals surface area contributed by atoms with Gasteiger partial charge in [0, 0.05) is 18.9 Å².